The molecule has 0 heterocycles. The third kappa shape index (κ3) is 8.51. The molecule has 0 N–H and O–H groups in total. The van der Waals surface area contributed by atoms with Gasteiger partial charge < -0.3 is 4.90 Å². The topological polar surface area (TPSA) is 3.24 Å². The van der Waals surface area contributed by atoms with Crippen molar-refractivity contribution in [1.82, 2.24) is 4.90 Å². The maximum absolute atomic E-state index is 3.63. The van der Waals surface area contributed by atoms with E-state index in [1.165, 1.54) is 11.1 Å². The molecule has 2 heteroatoms. The maximum Gasteiger partial charge on any atom is 0.0227 e. The Morgan fingerprint density at radius 2 is 1.37 bits per heavy atom. The van der Waals surface area contributed by atoms with E-state index < -0.39 is 0 Å². The van der Waals surface area contributed by atoms with Gasteiger partial charge in [0, 0.05) is 27.0 Å². The maximum atomic E-state index is 3.63. The molecule has 0 atom stereocenters. The molecule has 104 valence electrons. The van der Waals surface area contributed by atoms with E-state index in [2.05, 4.69) is 49.8 Å². The van der Waals surface area contributed by atoms with E-state index >= 15 is 0 Å². The van der Waals surface area contributed by atoms with Crippen LogP contribution in [0.2, 0.25) is 0 Å². The fraction of sp³-hybridized carbons (Fsp3) is 0.176. The van der Waals surface area contributed by atoms with E-state index in [4.69, 9.17) is 0 Å². The molecular weight excluding hydrogens is 325 g/mol. The molecule has 0 bridgehead atoms. The average molecular weight is 346 g/mol. The first kappa shape index (κ1) is 17.8. The fourth-order valence-corrected chi connectivity index (χ4v) is 1.54. The first-order valence-electron chi connectivity index (χ1n) is 6.08. The average Bonchev–Trinajstić information content (AvgIpc) is 2.41. The van der Waals surface area contributed by atoms with E-state index in [0.29, 0.717) is 0 Å². The van der Waals surface area contributed by atoms with Gasteiger partial charge in [0.15, 0.2) is 0 Å². The molecule has 0 aromatic heterocycles. The van der Waals surface area contributed by atoms with Crippen LogP contribution < -0.4 is 0 Å². The zero-order chi connectivity index (χ0) is 13.2. The Morgan fingerprint density at radius 1 is 0.895 bits per heavy atom. The molecule has 19 heavy (non-hydrogen) atoms. The molecule has 0 saturated heterocycles. The summed E-state index contributed by atoms with van der Waals surface area (Å²) in [5.74, 6) is 0. The largest absolute Gasteiger partial charge is 0.305 e. The standard InChI is InChI=1S/C9H13N.C8H8.Pd/c1-10(2)8-9-6-4-3-5-7-9;1-2-8-6-4-3-5-7-8;/h3-7H,8H2,1-2H3;2-7H,1H2;. The van der Waals surface area contributed by atoms with Crippen molar-refractivity contribution in [3.8, 4) is 0 Å². The smallest absolute Gasteiger partial charge is 0.0227 e. The Bertz CT molecular complexity index is 437. The van der Waals surface area contributed by atoms with E-state index in [1.807, 2.05) is 42.5 Å². The van der Waals surface area contributed by atoms with Crippen LogP contribution in [0.4, 0.5) is 0 Å². The quantitative estimate of drug-likeness (QED) is 0.758. The van der Waals surface area contributed by atoms with Crippen molar-refractivity contribution in [2.45, 2.75) is 6.54 Å². The minimum Gasteiger partial charge on any atom is -0.305 e. The first-order chi connectivity index (χ1) is 8.72. The zero-order valence-electron chi connectivity index (χ0n) is 11.5. The van der Waals surface area contributed by atoms with E-state index in [1.54, 1.807) is 0 Å². The van der Waals surface area contributed by atoms with Gasteiger partial charge in [-0.05, 0) is 25.2 Å². The van der Waals surface area contributed by atoms with Gasteiger partial charge in [0.05, 0.1) is 0 Å². The number of nitrogens with zero attached hydrogens (tertiary/aromatic N) is 1. The van der Waals surface area contributed by atoms with Gasteiger partial charge >= 0.3 is 0 Å². The summed E-state index contributed by atoms with van der Waals surface area (Å²) in [5, 5.41) is 0. The number of benzene rings is 2. The Morgan fingerprint density at radius 3 is 1.74 bits per heavy atom. The van der Waals surface area contributed by atoms with Gasteiger partial charge in [0.25, 0.3) is 0 Å². The zero-order valence-corrected chi connectivity index (χ0v) is 13.1. The summed E-state index contributed by atoms with van der Waals surface area (Å²) < 4.78 is 0. The van der Waals surface area contributed by atoms with E-state index in [0.717, 1.165) is 6.54 Å². The van der Waals surface area contributed by atoms with Crippen molar-refractivity contribution in [3.05, 3.63) is 78.4 Å². The number of hydrogen-bond donors (Lipinski definition) is 0. The monoisotopic (exact) mass is 345 g/mol. The predicted molar refractivity (Wildman–Crippen MR) is 80.4 cm³/mol. The van der Waals surface area contributed by atoms with Crippen LogP contribution in [0.3, 0.4) is 0 Å². The van der Waals surface area contributed by atoms with Crippen LogP contribution in [-0.2, 0) is 27.0 Å². The summed E-state index contributed by atoms with van der Waals surface area (Å²) in [5.41, 5.74) is 2.54. The van der Waals surface area contributed by atoms with Crippen molar-refractivity contribution in [3.63, 3.8) is 0 Å². The molecule has 0 unspecified atom stereocenters. The Kier molecular flexibility index (Phi) is 10.0. The minimum atomic E-state index is 0. The predicted octanol–water partition coefficient (Wildman–Crippen LogP) is 4.08. The molecule has 0 aliphatic carbocycles. The van der Waals surface area contributed by atoms with Gasteiger partial charge in [-0.2, -0.15) is 0 Å². The second-order valence-corrected chi connectivity index (χ2v) is 4.34. The third-order valence-corrected chi connectivity index (χ3v) is 2.38. The van der Waals surface area contributed by atoms with Gasteiger partial charge in [-0.3, -0.25) is 0 Å². The van der Waals surface area contributed by atoms with E-state index in [-0.39, 0.29) is 20.4 Å². The van der Waals surface area contributed by atoms with Crippen LogP contribution in [0.1, 0.15) is 11.1 Å². The molecule has 0 amide bonds. The van der Waals surface area contributed by atoms with Gasteiger partial charge in [-0.15, -0.1) is 0 Å². The minimum absolute atomic E-state index is 0. The van der Waals surface area contributed by atoms with Gasteiger partial charge in [0.2, 0.25) is 0 Å². The molecule has 0 spiro atoms. The van der Waals surface area contributed by atoms with Crippen molar-refractivity contribution >= 4 is 6.08 Å². The summed E-state index contributed by atoms with van der Waals surface area (Å²) in [6, 6.07) is 20.5. The SMILES string of the molecule is C=Cc1ccccc1.CN(C)Cc1ccccc1.[Pd]. The van der Waals surface area contributed by atoms with Gasteiger partial charge in [0.1, 0.15) is 0 Å². The van der Waals surface area contributed by atoms with Crippen molar-refractivity contribution in [2.24, 2.45) is 0 Å². The normalized spacial score (nSPS) is 9.00. The third-order valence-electron chi connectivity index (χ3n) is 2.38. The summed E-state index contributed by atoms with van der Waals surface area (Å²) in [7, 11) is 4.15. The molecule has 2 aromatic carbocycles. The summed E-state index contributed by atoms with van der Waals surface area (Å²) in [4.78, 5) is 2.16. The molecule has 0 saturated carbocycles. The van der Waals surface area contributed by atoms with Crippen LogP contribution in [0.5, 0.6) is 0 Å². The van der Waals surface area contributed by atoms with Crippen LogP contribution >= 0.6 is 0 Å². The molecule has 2 rings (SSSR count). The Balaban J connectivity index is 0.000000331. The van der Waals surface area contributed by atoms with Crippen molar-refractivity contribution in [2.75, 3.05) is 14.1 Å². The van der Waals surface area contributed by atoms with Crippen molar-refractivity contribution in [1.29, 1.82) is 0 Å². The van der Waals surface area contributed by atoms with E-state index in [9.17, 15) is 0 Å². The second kappa shape index (κ2) is 10.7. The van der Waals surface area contributed by atoms with Gasteiger partial charge in [-0.25, -0.2) is 0 Å². The summed E-state index contributed by atoms with van der Waals surface area (Å²) in [6.07, 6.45) is 1.83. The molecule has 0 aliphatic heterocycles. The van der Waals surface area contributed by atoms with Crippen LogP contribution in [0.15, 0.2) is 67.2 Å². The molecule has 0 radical (unpaired) electrons. The fourth-order valence-electron chi connectivity index (χ4n) is 1.54. The van der Waals surface area contributed by atoms with Gasteiger partial charge in [-0.1, -0.05) is 73.3 Å². The molecule has 1 nitrogen and oxygen atoms in total. The summed E-state index contributed by atoms with van der Waals surface area (Å²) in [6.45, 7) is 4.66. The van der Waals surface area contributed by atoms with Crippen LogP contribution in [-0.4, -0.2) is 19.0 Å². The second-order valence-electron chi connectivity index (χ2n) is 4.34. The molecule has 2 aromatic rings. The molecular formula is C17H21NPd. The summed E-state index contributed by atoms with van der Waals surface area (Å²) >= 11 is 0. The number of rotatable bonds is 3. The Labute approximate surface area is 130 Å². The molecule has 0 aliphatic rings. The van der Waals surface area contributed by atoms with Crippen LogP contribution in [0.25, 0.3) is 6.08 Å². The Hall–Kier alpha value is -1.20. The van der Waals surface area contributed by atoms with Crippen LogP contribution in [0, 0.1) is 0 Å². The van der Waals surface area contributed by atoms with Crippen molar-refractivity contribution < 1.29 is 20.4 Å². The first-order valence-corrected chi connectivity index (χ1v) is 6.08. The molecule has 0 fully saturated rings. The number of hydrogen-bond acceptors (Lipinski definition) is 1.